The van der Waals surface area contributed by atoms with E-state index in [0.717, 1.165) is 0 Å². The van der Waals surface area contributed by atoms with Crippen LogP contribution < -0.4 is 0 Å². The van der Waals surface area contributed by atoms with E-state index in [9.17, 15) is 26.3 Å². The number of allylic oxidation sites excluding steroid dienone is 1. The van der Waals surface area contributed by atoms with E-state index < -0.39 is 49.3 Å². The number of alkyl halides is 3. The molecule has 0 bridgehead atoms. The van der Waals surface area contributed by atoms with Gasteiger partial charge in [0, 0.05) is 0 Å². The normalized spacial score (nSPS) is 13.6. The van der Waals surface area contributed by atoms with Crippen molar-refractivity contribution in [2.45, 2.75) is 3.79 Å². The van der Waals surface area contributed by atoms with Crippen LogP contribution in [-0.4, -0.2) is 3.79 Å². The minimum Gasteiger partial charge on any atom is -0.205 e. The lowest BCUT2D eigenvalue weighted by Crippen LogP contribution is -2.09. The molecular formula is C9Cl4F6. The van der Waals surface area contributed by atoms with Gasteiger partial charge in [0.05, 0.1) is 10.6 Å². The molecule has 0 heterocycles. The Labute approximate surface area is 122 Å². The Morgan fingerprint density at radius 1 is 0.737 bits per heavy atom. The first-order chi connectivity index (χ1) is 8.50. The Kier molecular flexibility index (Phi) is 4.93. The zero-order valence-electron chi connectivity index (χ0n) is 8.28. The second-order valence-electron chi connectivity index (χ2n) is 3.07. The predicted octanol–water partition coefficient (Wildman–Crippen LogP) is 5.63. The molecule has 0 saturated carbocycles. The van der Waals surface area contributed by atoms with Gasteiger partial charge in [-0.3, -0.25) is 0 Å². The van der Waals surface area contributed by atoms with Gasteiger partial charge in [0.25, 0.3) is 0 Å². The highest BCUT2D eigenvalue weighted by Crippen LogP contribution is 2.43. The summed E-state index contributed by atoms with van der Waals surface area (Å²) in [6, 6.07) is 0. The van der Waals surface area contributed by atoms with E-state index in [2.05, 4.69) is 0 Å². The maximum Gasteiger partial charge on any atom is 0.243 e. The average Bonchev–Trinajstić information content (AvgIpc) is 2.31. The highest BCUT2D eigenvalue weighted by atomic mass is 35.6. The van der Waals surface area contributed by atoms with Gasteiger partial charge in [0.1, 0.15) is 0 Å². The summed E-state index contributed by atoms with van der Waals surface area (Å²) >= 11 is 20.3. The topological polar surface area (TPSA) is 0 Å². The SMILES string of the molecule is F/C(=C(/Cl)c1c(F)c(F)c(F)c(F)c1F)C(Cl)(Cl)Cl. The Morgan fingerprint density at radius 3 is 1.37 bits per heavy atom. The highest BCUT2D eigenvalue weighted by Gasteiger charge is 2.34. The van der Waals surface area contributed by atoms with Gasteiger partial charge in [-0.15, -0.1) is 0 Å². The van der Waals surface area contributed by atoms with Crippen molar-refractivity contribution in [1.29, 1.82) is 0 Å². The van der Waals surface area contributed by atoms with Crippen LogP contribution in [0.5, 0.6) is 0 Å². The maximum absolute atomic E-state index is 13.4. The van der Waals surface area contributed by atoms with E-state index >= 15 is 0 Å². The Morgan fingerprint density at radius 2 is 1.05 bits per heavy atom. The fraction of sp³-hybridized carbons (Fsp3) is 0.111. The third-order valence-electron chi connectivity index (χ3n) is 1.87. The van der Waals surface area contributed by atoms with E-state index in [4.69, 9.17) is 46.4 Å². The molecule has 0 amide bonds. The smallest absolute Gasteiger partial charge is 0.205 e. The van der Waals surface area contributed by atoms with Crippen molar-refractivity contribution in [3.05, 3.63) is 40.5 Å². The fourth-order valence-corrected chi connectivity index (χ4v) is 1.77. The molecule has 1 rings (SSSR count). The largest absolute Gasteiger partial charge is 0.243 e. The molecule has 10 heteroatoms. The van der Waals surface area contributed by atoms with E-state index in [1.54, 1.807) is 0 Å². The van der Waals surface area contributed by atoms with Crippen molar-refractivity contribution in [2.24, 2.45) is 0 Å². The highest BCUT2D eigenvalue weighted by molar-refractivity contribution is 6.70. The molecule has 0 aliphatic carbocycles. The Bertz CT molecular complexity index is 534. The van der Waals surface area contributed by atoms with Crippen molar-refractivity contribution < 1.29 is 26.3 Å². The first-order valence-corrected chi connectivity index (χ1v) is 5.65. The van der Waals surface area contributed by atoms with Crippen LogP contribution in [0.4, 0.5) is 26.3 Å². The summed E-state index contributed by atoms with van der Waals surface area (Å²) in [7, 11) is 0. The molecule has 0 N–H and O–H groups in total. The van der Waals surface area contributed by atoms with Crippen LogP contribution in [0.2, 0.25) is 0 Å². The average molecular weight is 364 g/mol. The van der Waals surface area contributed by atoms with Crippen LogP contribution in [0.15, 0.2) is 5.83 Å². The number of halogens is 10. The van der Waals surface area contributed by atoms with Gasteiger partial charge in [0.15, 0.2) is 29.1 Å². The fourth-order valence-electron chi connectivity index (χ4n) is 1.03. The lowest BCUT2D eigenvalue weighted by atomic mass is 10.1. The molecule has 0 spiro atoms. The summed E-state index contributed by atoms with van der Waals surface area (Å²) in [5.41, 5.74) is -1.72. The molecular weight excluding hydrogens is 364 g/mol. The van der Waals surface area contributed by atoms with Gasteiger partial charge in [-0.05, 0) is 0 Å². The lowest BCUT2D eigenvalue weighted by molar-refractivity contribution is 0.376. The van der Waals surface area contributed by atoms with E-state index in [1.165, 1.54) is 0 Å². The number of hydrogen-bond donors (Lipinski definition) is 0. The van der Waals surface area contributed by atoms with Gasteiger partial charge in [0.2, 0.25) is 9.61 Å². The van der Waals surface area contributed by atoms with Crippen LogP contribution in [0, 0.1) is 29.1 Å². The van der Waals surface area contributed by atoms with Gasteiger partial charge in [-0.2, -0.15) is 0 Å². The van der Waals surface area contributed by atoms with Crippen LogP contribution >= 0.6 is 46.4 Å². The summed E-state index contributed by atoms with van der Waals surface area (Å²) < 4.78 is 75.6. The summed E-state index contributed by atoms with van der Waals surface area (Å²) in [5.74, 6) is -13.6. The quantitative estimate of drug-likeness (QED) is 0.262. The summed E-state index contributed by atoms with van der Waals surface area (Å²) in [5, 5.41) is -1.53. The molecule has 0 atom stereocenters. The van der Waals surface area contributed by atoms with Crippen molar-refractivity contribution >= 4 is 51.4 Å². The third kappa shape index (κ3) is 3.07. The number of rotatable bonds is 1. The zero-order valence-corrected chi connectivity index (χ0v) is 11.3. The molecule has 0 fully saturated rings. The monoisotopic (exact) mass is 362 g/mol. The van der Waals surface area contributed by atoms with E-state index in [0.29, 0.717) is 0 Å². The summed E-state index contributed by atoms with van der Waals surface area (Å²) in [6.07, 6.45) is 0. The van der Waals surface area contributed by atoms with Crippen LogP contribution in [0.1, 0.15) is 5.56 Å². The van der Waals surface area contributed by atoms with Crippen LogP contribution in [0.3, 0.4) is 0 Å². The number of benzene rings is 1. The molecule has 0 saturated heterocycles. The third-order valence-corrected chi connectivity index (χ3v) is 2.72. The van der Waals surface area contributed by atoms with Gasteiger partial charge < -0.3 is 0 Å². The van der Waals surface area contributed by atoms with Crippen molar-refractivity contribution in [2.75, 3.05) is 0 Å². The first-order valence-electron chi connectivity index (χ1n) is 4.14. The van der Waals surface area contributed by atoms with Gasteiger partial charge >= 0.3 is 0 Å². The van der Waals surface area contributed by atoms with E-state index in [-0.39, 0.29) is 0 Å². The summed E-state index contributed by atoms with van der Waals surface area (Å²) in [4.78, 5) is 0. The molecule has 0 aliphatic rings. The molecule has 0 radical (unpaired) electrons. The zero-order chi connectivity index (χ0) is 15.1. The second kappa shape index (κ2) is 5.60. The number of hydrogen-bond acceptors (Lipinski definition) is 0. The lowest BCUT2D eigenvalue weighted by Gasteiger charge is -2.12. The standard InChI is InChI=1S/C9Cl4F6/c10-2(8(19)9(11,12)13)1-3(14)5(16)7(18)6(17)4(1)15/b8-2+. The van der Waals surface area contributed by atoms with Crippen molar-refractivity contribution in [3.8, 4) is 0 Å². The van der Waals surface area contributed by atoms with E-state index in [1.807, 2.05) is 0 Å². The Balaban J connectivity index is 3.71. The van der Waals surface area contributed by atoms with Crippen molar-refractivity contribution in [3.63, 3.8) is 0 Å². The predicted molar refractivity (Wildman–Crippen MR) is 60.4 cm³/mol. The minimum absolute atomic E-state index is 1.53. The summed E-state index contributed by atoms with van der Waals surface area (Å²) in [6.45, 7) is 0. The molecule has 19 heavy (non-hydrogen) atoms. The molecule has 0 aliphatic heterocycles. The van der Waals surface area contributed by atoms with Gasteiger partial charge in [-0.25, -0.2) is 26.3 Å². The Hall–Kier alpha value is -0.300. The molecule has 106 valence electrons. The van der Waals surface area contributed by atoms with Crippen molar-refractivity contribution in [1.82, 2.24) is 0 Å². The maximum atomic E-state index is 13.4. The molecule has 0 aromatic heterocycles. The molecule has 0 unspecified atom stereocenters. The molecule has 1 aromatic rings. The van der Waals surface area contributed by atoms with Gasteiger partial charge in [-0.1, -0.05) is 46.4 Å². The minimum atomic E-state index is -2.82. The first kappa shape index (κ1) is 16.8. The van der Waals surface area contributed by atoms with Crippen LogP contribution in [0.25, 0.3) is 5.03 Å². The molecule has 1 aromatic carbocycles. The molecule has 0 nitrogen and oxygen atoms in total. The second-order valence-corrected chi connectivity index (χ2v) is 5.73. The van der Waals surface area contributed by atoms with Crippen LogP contribution in [-0.2, 0) is 0 Å².